The van der Waals surface area contributed by atoms with E-state index in [4.69, 9.17) is 0 Å². The molecular formula is C23H30O. The highest BCUT2D eigenvalue weighted by Gasteiger charge is 2.33. The molecular weight excluding hydrogens is 292 g/mol. The minimum absolute atomic E-state index is 0.464. The molecule has 0 aromatic heterocycles. The van der Waals surface area contributed by atoms with Crippen LogP contribution < -0.4 is 0 Å². The van der Waals surface area contributed by atoms with Gasteiger partial charge in [0.15, 0.2) is 0 Å². The third kappa shape index (κ3) is 4.48. The maximum atomic E-state index is 10.9. The fourth-order valence-electron chi connectivity index (χ4n) is 4.01. The average Bonchev–Trinajstić information content (AvgIpc) is 2.63. The molecule has 0 radical (unpaired) electrons. The highest BCUT2D eigenvalue weighted by atomic mass is 16.3. The Kier molecular flexibility index (Phi) is 5.73. The van der Waals surface area contributed by atoms with E-state index in [-0.39, 0.29) is 0 Å². The minimum Gasteiger partial charge on any atom is -0.390 e. The van der Waals surface area contributed by atoms with Gasteiger partial charge in [0.25, 0.3) is 0 Å². The third-order valence-electron chi connectivity index (χ3n) is 5.63. The van der Waals surface area contributed by atoms with Crippen LogP contribution in [0.2, 0.25) is 0 Å². The molecule has 128 valence electrons. The maximum absolute atomic E-state index is 10.9. The van der Waals surface area contributed by atoms with E-state index in [1.807, 2.05) is 0 Å². The molecule has 0 spiro atoms. The van der Waals surface area contributed by atoms with Gasteiger partial charge in [0, 0.05) is 0 Å². The van der Waals surface area contributed by atoms with Gasteiger partial charge in [0.2, 0.25) is 0 Å². The molecule has 1 N–H and O–H groups in total. The Morgan fingerprint density at radius 3 is 2.12 bits per heavy atom. The number of hydrogen-bond donors (Lipinski definition) is 1. The number of hydrogen-bond acceptors (Lipinski definition) is 1. The number of aliphatic hydroxyl groups is 1. The summed E-state index contributed by atoms with van der Waals surface area (Å²) in [4.78, 5) is 0. The van der Waals surface area contributed by atoms with Crippen molar-refractivity contribution >= 4 is 0 Å². The van der Waals surface area contributed by atoms with E-state index in [0.717, 1.165) is 38.5 Å². The molecule has 2 aromatic carbocycles. The van der Waals surface area contributed by atoms with Gasteiger partial charge in [0.1, 0.15) is 0 Å². The summed E-state index contributed by atoms with van der Waals surface area (Å²) >= 11 is 0. The first-order valence-corrected chi connectivity index (χ1v) is 9.54. The molecule has 1 fully saturated rings. The number of rotatable bonds is 6. The first kappa shape index (κ1) is 17.2. The second-order valence-corrected chi connectivity index (χ2v) is 7.48. The lowest BCUT2D eigenvalue weighted by molar-refractivity contribution is -0.00817. The van der Waals surface area contributed by atoms with Crippen LogP contribution in [-0.4, -0.2) is 10.7 Å². The Morgan fingerprint density at radius 2 is 1.50 bits per heavy atom. The fourth-order valence-corrected chi connectivity index (χ4v) is 4.01. The lowest BCUT2D eigenvalue weighted by Crippen LogP contribution is -2.34. The molecule has 1 aliphatic carbocycles. The van der Waals surface area contributed by atoms with Crippen molar-refractivity contribution in [2.75, 3.05) is 0 Å². The van der Waals surface area contributed by atoms with Crippen LogP contribution in [0.5, 0.6) is 0 Å². The quantitative estimate of drug-likeness (QED) is 0.727. The summed E-state index contributed by atoms with van der Waals surface area (Å²) in [7, 11) is 0. The normalized spacial score (nSPS) is 24.0. The number of aryl methyl sites for hydroxylation is 2. The highest BCUT2D eigenvalue weighted by molar-refractivity contribution is 5.26. The van der Waals surface area contributed by atoms with Gasteiger partial charge in [-0.25, -0.2) is 0 Å². The molecule has 0 atom stereocenters. The average molecular weight is 322 g/mol. The van der Waals surface area contributed by atoms with Crippen molar-refractivity contribution in [2.24, 2.45) is 0 Å². The van der Waals surface area contributed by atoms with E-state index >= 15 is 0 Å². The Hall–Kier alpha value is -1.60. The van der Waals surface area contributed by atoms with Crippen LogP contribution in [-0.2, 0) is 12.8 Å². The van der Waals surface area contributed by atoms with Crippen molar-refractivity contribution in [3.05, 3.63) is 71.3 Å². The predicted octanol–water partition coefficient (Wildman–Crippen LogP) is 5.66. The smallest absolute Gasteiger partial charge is 0.0651 e. The van der Waals surface area contributed by atoms with E-state index in [9.17, 15) is 5.11 Å². The summed E-state index contributed by atoms with van der Waals surface area (Å²) in [5.74, 6) is 0.623. The van der Waals surface area contributed by atoms with Gasteiger partial charge in [-0.1, -0.05) is 67.9 Å². The van der Waals surface area contributed by atoms with E-state index < -0.39 is 5.60 Å². The van der Waals surface area contributed by atoms with Crippen LogP contribution in [0.1, 0.15) is 68.1 Å². The van der Waals surface area contributed by atoms with E-state index in [1.165, 1.54) is 29.5 Å². The monoisotopic (exact) mass is 322 g/mol. The molecule has 0 unspecified atom stereocenters. The van der Waals surface area contributed by atoms with Gasteiger partial charge < -0.3 is 5.11 Å². The lowest BCUT2D eigenvalue weighted by atomic mass is 9.74. The van der Waals surface area contributed by atoms with Gasteiger partial charge in [-0.05, 0) is 67.6 Å². The standard InChI is InChI=1S/C23H30O/c1-2-6-19-9-11-21(12-10-19)22-14-17-23(24,18-15-22)16-13-20-7-4-3-5-8-20/h3-5,7-12,22,24H,2,6,13-18H2,1H3. The third-order valence-corrected chi connectivity index (χ3v) is 5.63. The summed E-state index contributed by atoms with van der Waals surface area (Å²) < 4.78 is 0. The Labute approximate surface area is 146 Å². The topological polar surface area (TPSA) is 20.2 Å². The van der Waals surface area contributed by atoms with E-state index in [0.29, 0.717) is 5.92 Å². The zero-order chi connectivity index (χ0) is 16.8. The first-order chi connectivity index (χ1) is 11.7. The SMILES string of the molecule is CCCc1ccc(C2CCC(O)(CCc3ccccc3)CC2)cc1. The van der Waals surface area contributed by atoms with Crippen LogP contribution in [0.15, 0.2) is 54.6 Å². The van der Waals surface area contributed by atoms with Crippen LogP contribution in [0.3, 0.4) is 0 Å². The van der Waals surface area contributed by atoms with Crippen molar-refractivity contribution in [3.8, 4) is 0 Å². The summed E-state index contributed by atoms with van der Waals surface area (Å²) in [6, 6.07) is 19.7. The van der Waals surface area contributed by atoms with Crippen LogP contribution in [0, 0.1) is 0 Å². The molecule has 0 heterocycles. The van der Waals surface area contributed by atoms with Crippen LogP contribution >= 0.6 is 0 Å². The summed E-state index contributed by atoms with van der Waals surface area (Å²) in [6.07, 6.45) is 8.33. The van der Waals surface area contributed by atoms with Crippen molar-refractivity contribution in [3.63, 3.8) is 0 Å². The first-order valence-electron chi connectivity index (χ1n) is 9.54. The molecule has 0 bridgehead atoms. The molecule has 0 amide bonds. The highest BCUT2D eigenvalue weighted by Crippen LogP contribution is 2.40. The van der Waals surface area contributed by atoms with Crippen LogP contribution in [0.25, 0.3) is 0 Å². The molecule has 3 rings (SSSR count). The van der Waals surface area contributed by atoms with Gasteiger partial charge in [-0.15, -0.1) is 0 Å². The predicted molar refractivity (Wildman–Crippen MR) is 101 cm³/mol. The summed E-state index contributed by atoms with van der Waals surface area (Å²) in [6.45, 7) is 2.23. The Bertz CT molecular complexity index is 606. The molecule has 0 saturated heterocycles. The van der Waals surface area contributed by atoms with Gasteiger partial charge in [-0.2, -0.15) is 0 Å². The second kappa shape index (κ2) is 7.98. The van der Waals surface area contributed by atoms with E-state index in [1.54, 1.807) is 0 Å². The molecule has 0 aliphatic heterocycles. The van der Waals surface area contributed by atoms with Crippen molar-refractivity contribution in [1.29, 1.82) is 0 Å². The largest absolute Gasteiger partial charge is 0.390 e. The second-order valence-electron chi connectivity index (χ2n) is 7.48. The van der Waals surface area contributed by atoms with Gasteiger partial charge in [-0.3, -0.25) is 0 Å². The van der Waals surface area contributed by atoms with Crippen molar-refractivity contribution in [2.45, 2.75) is 69.8 Å². The lowest BCUT2D eigenvalue weighted by Gasteiger charge is -2.36. The van der Waals surface area contributed by atoms with Gasteiger partial charge in [0.05, 0.1) is 5.60 Å². The summed E-state index contributed by atoms with van der Waals surface area (Å²) in [5.41, 5.74) is 3.77. The molecule has 1 nitrogen and oxygen atoms in total. The molecule has 1 aliphatic rings. The number of benzene rings is 2. The maximum Gasteiger partial charge on any atom is 0.0651 e. The van der Waals surface area contributed by atoms with Crippen LogP contribution in [0.4, 0.5) is 0 Å². The molecule has 2 aromatic rings. The zero-order valence-electron chi connectivity index (χ0n) is 14.9. The molecule has 1 heteroatoms. The van der Waals surface area contributed by atoms with Gasteiger partial charge >= 0.3 is 0 Å². The Morgan fingerprint density at radius 1 is 0.875 bits per heavy atom. The zero-order valence-corrected chi connectivity index (χ0v) is 14.9. The van der Waals surface area contributed by atoms with E-state index in [2.05, 4.69) is 61.5 Å². The summed E-state index contributed by atoms with van der Waals surface area (Å²) in [5, 5.41) is 10.9. The fraction of sp³-hybridized carbons (Fsp3) is 0.478. The van der Waals surface area contributed by atoms with Crippen molar-refractivity contribution in [1.82, 2.24) is 0 Å². The van der Waals surface area contributed by atoms with Crippen molar-refractivity contribution < 1.29 is 5.11 Å². The molecule has 24 heavy (non-hydrogen) atoms. The molecule has 1 saturated carbocycles. The Balaban J connectivity index is 1.52. The minimum atomic E-state index is -0.464.